The molecule has 0 aliphatic heterocycles. The van der Waals surface area contributed by atoms with Crippen molar-refractivity contribution >= 4 is 17.6 Å². The van der Waals surface area contributed by atoms with E-state index in [1.807, 2.05) is 0 Å². The number of halogens is 1. The summed E-state index contributed by atoms with van der Waals surface area (Å²) in [6.45, 7) is 0. The van der Waals surface area contributed by atoms with E-state index in [9.17, 15) is 4.79 Å². The van der Waals surface area contributed by atoms with Crippen molar-refractivity contribution in [3.05, 3.63) is 29.0 Å². The number of nitrogens with two attached hydrogens (primary N) is 1. The topological polar surface area (TPSA) is 65.2 Å². The summed E-state index contributed by atoms with van der Waals surface area (Å²) in [5.74, 6) is -0.353. The van der Waals surface area contributed by atoms with Crippen molar-refractivity contribution in [1.82, 2.24) is 4.98 Å². The quantitative estimate of drug-likeness (QED) is 0.771. The van der Waals surface area contributed by atoms with Crippen molar-refractivity contribution in [3.63, 3.8) is 0 Å². The Morgan fingerprint density at radius 2 is 2.43 bits per heavy atom. The first kappa shape index (κ1) is 10.9. The third-order valence-electron chi connectivity index (χ3n) is 1.74. The predicted octanol–water partition coefficient (Wildman–Crippen LogP) is 1.30. The Balaban J connectivity index is 2.65. The summed E-state index contributed by atoms with van der Waals surface area (Å²) in [7, 11) is 1.32. The number of methoxy groups -OCH3 is 1. The predicted molar refractivity (Wildman–Crippen MR) is 52.8 cm³/mol. The lowest BCUT2D eigenvalue weighted by Gasteiger charge is -2.08. The van der Waals surface area contributed by atoms with E-state index in [-0.39, 0.29) is 12.4 Å². The molecule has 0 saturated heterocycles. The highest BCUT2D eigenvalue weighted by Gasteiger charge is 2.12. The molecule has 0 fully saturated rings. The van der Waals surface area contributed by atoms with Gasteiger partial charge in [0.05, 0.1) is 30.3 Å². The maximum absolute atomic E-state index is 10.9. The van der Waals surface area contributed by atoms with Crippen LogP contribution in [0.1, 0.15) is 18.2 Å². The van der Waals surface area contributed by atoms with Gasteiger partial charge in [-0.05, 0) is 12.1 Å². The highest BCUT2D eigenvalue weighted by atomic mass is 35.5. The lowest BCUT2D eigenvalue weighted by Crippen LogP contribution is -2.17. The zero-order valence-corrected chi connectivity index (χ0v) is 8.49. The van der Waals surface area contributed by atoms with Crippen molar-refractivity contribution in [2.75, 3.05) is 7.11 Å². The zero-order chi connectivity index (χ0) is 10.6. The highest BCUT2D eigenvalue weighted by molar-refractivity contribution is 6.30. The van der Waals surface area contributed by atoms with Gasteiger partial charge in [0.15, 0.2) is 0 Å². The molecule has 1 heterocycles. The van der Waals surface area contributed by atoms with Gasteiger partial charge in [-0.3, -0.25) is 9.78 Å². The lowest BCUT2D eigenvalue weighted by atomic mass is 10.1. The summed E-state index contributed by atoms with van der Waals surface area (Å²) in [5, 5.41) is 0.541. The van der Waals surface area contributed by atoms with Gasteiger partial charge in [-0.15, -0.1) is 0 Å². The molecular weight excluding hydrogens is 204 g/mol. The van der Waals surface area contributed by atoms with Crippen LogP contribution in [-0.2, 0) is 9.53 Å². The molecule has 1 aromatic rings. The Hall–Kier alpha value is -1.13. The second kappa shape index (κ2) is 4.93. The molecule has 0 amide bonds. The molecule has 0 spiro atoms. The number of hydrogen-bond acceptors (Lipinski definition) is 4. The van der Waals surface area contributed by atoms with Crippen molar-refractivity contribution in [3.8, 4) is 0 Å². The number of rotatable bonds is 3. The van der Waals surface area contributed by atoms with Gasteiger partial charge in [0.2, 0.25) is 0 Å². The number of esters is 1. The number of hydrogen-bond donors (Lipinski definition) is 1. The van der Waals surface area contributed by atoms with E-state index < -0.39 is 6.04 Å². The largest absolute Gasteiger partial charge is 0.469 e. The van der Waals surface area contributed by atoms with Crippen LogP contribution in [0.15, 0.2) is 18.3 Å². The standard InChI is InChI=1S/C9H11ClN2O2/c1-14-9(13)4-7(11)8-3-2-6(10)5-12-8/h2-3,5,7H,4,11H2,1H3/t7-/m0/s1. The van der Waals surface area contributed by atoms with E-state index in [0.717, 1.165) is 0 Å². The van der Waals surface area contributed by atoms with Crippen molar-refractivity contribution in [2.24, 2.45) is 5.73 Å². The first-order valence-corrected chi connectivity index (χ1v) is 4.45. The van der Waals surface area contributed by atoms with E-state index >= 15 is 0 Å². The number of carbonyl (C=O) groups excluding carboxylic acids is 1. The number of aromatic nitrogens is 1. The number of pyridine rings is 1. The fourth-order valence-electron chi connectivity index (χ4n) is 0.974. The van der Waals surface area contributed by atoms with Gasteiger partial charge in [0.1, 0.15) is 0 Å². The minimum atomic E-state index is -0.445. The molecule has 4 nitrogen and oxygen atoms in total. The molecule has 1 atom stereocenters. The molecule has 2 N–H and O–H groups in total. The molecule has 0 aliphatic rings. The van der Waals surface area contributed by atoms with Crippen molar-refractivity contribution in [1.29, 1.82) is 0 Å². The van der Waals surface area contributed by atoms with Crippen LogP contribution in [0.5, 0.6) is 0 Å². The fourth-order valence-corrected chi connectivity index (χ4v) is 1.09. The molecule has 0 unspecified atom stereocenters. The van der Waals surface area contributed by atoms with Gasteiger partial charge in [-0.2, -0.15) is 0 Å². The Morgan fingerprint density at radius 3 is 2.93 bits per heavy atom. The molecule has 0 aromatic carbocycles. The molecule has 1 rings (SSSR count). The summed E-state index contributed by atoms with van der Waals surface area (Å²) in [5.41, 5.74) is 6.34. The summed E-state index contributed by atoms with van der Waals surface area (Å²) >= 11 is 5.65. The molecule has 0 bridgehead atoms. The first-order chi connectivity index (χ1) is 6.63. The van der Waals surface area contributed by atoms with Gasteiger partial charge in [0, 0.05) is 6.20 Å². The van der Waals surface area contributed by atoms with Gasteiger partial charge >= 0.3 is 5.97 Å². The summed E-state index contributed by atoms with van der Waals surface area (Å²) < 4.78 is 4.49. The second-order valence-electron chi connectivity index (χ2n) is 2.79. The maximum Gasteiger partial charge on any atom is 0.307 e. The van der Waals surface area contributed by atoms with Crippen LogP contribution in [0.4, 0.5) is 0 Å². The molecule has 5 heteroatoms. The van der Waals surface area contributed by atoms with Crippen LogP contribution in [0.25, 0.3) is 0 Å². The Kier molecular flexibility index (Phi) is 3.85. The van der Waals surface area contributed by atoms with E-state index in [1.54, 1.807) is 12.1 Å². The third-order valence-corrected chi connectivity index (χ3v) is 1.97. The van der Waals surface area contributed by atoms with Gasteiger partial charge in [0.25, 0.3) is 0 Å². The second-order valence-corrected chi connectivity index (χ2v) is 3.22. The van der Waals surface area contributed by atoms with Crippen molar-refractivity contribution < 1.29 is 9.53 Å². The average Bonchev–Trinajstić information content (AvgIpc) is 2.18. The van der Waals surface area contributed by atoms with Gasteiger partial charge < -0.3 is 10.5 Å². The van der Waals surface area contributed by atoms with Crippen LogP contribution in [0, 0.1) is 0 Å². The SMILES string of the molecule is COC(=O)C[C@H](N)c1ccc(Cl)cn1. The summed E-state index contributed by atoms with van der Waals surface area (Å²) in [6.07, 6.45) is 1.61. The molecule has 1 aromatic heterocycles. The van der Waals surface area contributed by atoms with Crippen LogP contribution in [0.3, 0.4) is 0 Å². The zero-order valence-electron chi connectivity index (χ0n) is 7.74. The molecule has 0 saturated carbocycles. The van der Waals surface area contributed by atoms with Crippen molar-refractivity contribution in [2.45, 2.75) is 12.5 Å². The summed E-state index contributed by atoms with van der Waals surface area (Å²) in [4.78, 5) is 14.9. The molecular formula is C9H11ClN2O2. The number of carbonyl (C=O) groups is 1. The van der Waals surface area contributed by atoms with Crippen LogP contribution in [0.2, 0.25) is 5.02 Å². The molecule has 0 aliphatic carbocycles. The lowest BCUT2D eigenvalue weighted by molar-refractivity contribution is -0.141. The minimum Gasteiger partial charge on any atom is -0.469 e. The Labute approximate surface area is 87.0 Å². The number of ether oxygens (including phenoxy) is 1. The highest BCUT2D eigenvalue weighted by Crippen LogP contribution is 2.14. The average molecular weight is 215 g/mol. The monoisotopic (exact) mass is 214 g/mol. The number of nitrogens with zero attached hydrogens (tertiary/aromatic N) is 1. The summed E-state index contributed by atoms with van der Waals surface area (Å²) in [6, 6.07) is 2.93. The van der Waals surface area contributed by atoms with E-state index in [4.69, 9.17) is 17.3 Å². The molecule has 14 heavy (non-hydrogen) atoms. The van der Waals surface area contributed by atoms with Crippen LogP contribution < -0.4 is 5.73 Å². The van der Waals surface area contributed by atoms with E-state index in [1.165, 1.54) is 13.3 Å². The molecule has 0 radical (unpaired) electrons. The Bertz CT molecular complexity index is 313. The third kappa shape index (κ3) is 2.97. The maximum atomic E-state index is 10.9. The van der Waals surface area contributed by atoms with E-state index in [2.05, 4.69) is 9.72 Å². The van der Waals surface area contributed by atoms with E-state index in [0.29, 0.717) is 10.7 Å². The first-order valence-electron chi connectivity index (χ1n) is 4.07. The van der Waals surface area contributed by atoms with Gasteiger partial charge in [-0.1, -0.05) is 11.6 Å². The fraction of sp³-hybridized carbons (Fsp3) is 0.333. The minimum absolute atomic E-state index is 0.116. The normalized spacial score (nSPS) is 12.2. The Morgan fingerprint density at radius 1 is 1.71 bits per heavy atom. The van der Waals surface area contributed by atoms with Gasteiger partial charge in [-0.25, -0.2) is 0 Å². The van der Waals surface area contributed by atoms with Crippen LogP contribution in [-0.4, -0.2) is 18.1 Å². The molecule has 76 valence electrons. The smallest absolute Gasteiger partial charge is 0.307 e. The van der Waals surface area contributed by atoms with Crippen LogP contribution >= 0.6 is 11.6 Å².